The lowest BCUT2D eigenvalue weighted by atomic mass is 9.59. The molecule has 116 valence electrons. The summed E-state index contributed by atoms with van der Waals surface area (Å²) in [5.41, 5.74) is 4.35. The van der Waals surface area contributed by atoms with E-state index in [1.54, 1.807) is 6.92 Å². The molecule has 5 nitrogen and oxygen atoms in total. The Morgan fingerprint density at radius 1 is 1.10 bits per heavy atom. The lowest BCUT2D eigenvalue weighted by Gasteiger charge is -2.42. The van der Waals surface area contributed by atoms with E-state index in [-0.39, 0.29) is 29.6 Å². The molecule has 0 aromatic carbocycles. The van der Waals surface area contributed by atoms with Crippen molar-refractivity contribution < 1.29 is 14.4 Å². The number of imide groups is 1. The molecule has 1 saturated heterocycles. The summed E-state index contributed by atoms with van der Waals surface area (Å²) in [7, 11) is 0. The largest absolute Gasteiger partial charge is 0.368 e. The molecule has 21 heavy (non-hydrogen) atoms. The minimum Gasteiger partial charge on any atom is -0.368 e. The number of carbonyl (C=O) groups is 3. The number of nitrogens with two attached hydrogens (primary N) is 1. The van der Waals surface area contributed by atoms with E-state index in [9.17, 15) is 14.4 Å². The van der Waals surface area contributed by atoms with Crippen molar-refractivity contribution >= 4 is 17.7 Å². The van der Waals surface area contributed by atoms with E-state index < -0.39 is 11.4 Å². The van der Waals surface area contributed by atoms with E-state index in [1.165, 1.54) is 4.90 Å². The van der Waals surface area contributed by atoms with Crippen LogP contribution >= 0.6 is 0 Å². The fourth-order valence-electron chi connectivity index (χ4n) is 4.68. The standard InChI is InChI=1S/C16H24N2O3/c1-8(2)16(3,15(17)21)18-13(19)11-9-4-5-10(7-6-9)12(11)14(18)20/h8-12H,4-7H2,1-3H3,(H2,17,21). The second-order valence-corrected chi connectivity index (χ2v) is 7.40. The summed E-state index contributed by atoms with van der Waals surface area (Å²) < 4.78 is 0. The Morgan fingerprint density at radius 3 is 1.76 bits per heavy atom. The van der Waals surface area contributed by atoms with Gasteiger partial charge in [-0.2, -0.15) is 0 Å². The van der Waals surface area contributed by atoms with Crippen molar-refractivity contribution in [2.24, 2.45) is 35.3 Å². The van der Waals surface area contributed by atoms with Crippen LogP contribution in [-0.4, -0.2) is 28.2 Å². The molecular formula is C16H24N2O3. The molecule has 3 amide bonds. The Hall–Kier alpha value is -1.39. The third kappa shape index (κ3) is 1.72. The molecule has 3 aliphatic carbocycles. The molecule has 1 heterocycles. The van der Waals surface area contributed by atoms with Gasteiger partial charge in [-0.15, -0.1) is 0 Å². The summed E-state index contributed by atoms with van der Waals surface area (Å²) in [5.74, 6) is -0.893. The molecule has 1 aliphatic heterocycles. The van der Waals surface area contributed by atoms with Gasteiger partial charge in [0.15, 0.2) is 0 Å². The quantitative estimate of drug-likeness (QED) is 0.796. The van der Waals surface area contributed by atoms with Crippen LogP contribution < -0.4 is 5.73 Å². The van der Waals surface area contributed by atoms with Gasteiger partial charge in [-0.25, -0.2) is 0 Å². The van der Waals surface area contributed by atoms with Crippen LogP contribution in [0.2, 0.25) is 0 Å². The maximum atomic E-state index is 12.9. The minimum absolute atomic E-state index is 0.158. The Balaban J connectivity index is 2.03. The number of likely N-dealkylation sites (tertiary alicyclic amines) is 1. The van der Waals surface area contributed by atoms with Crippen LogP contribution in [0.4, 0.5) is 0 Å². The molecule has 0 aromatic heterocycles. The first-order valence-electron chi connectivity index (χ1n) is 7.98. The van der Waals surface area contributed by atoms with Crippen molar-refractivity contribution in [3.05, 3.63) is 0 Å². The smallest absolute Gasteiger partial charge is 0.243 e. The molecule has 2 N–H and O–H groups in total. The third-order valence-corrected chi connectivity index (χ3v) is 6.32. The first kappa shape index (κ1) is 14.5. The molecular weight excluding hydrogens is 268 g/mol. The normalized spacial score (nSPS) is 37.8. The van der Waals surface area contributed by atoms with Crippen LogP contribution in [0.15, 0.2) is 0 Å². The number of hydrogen-bond acceptors (Lipinski definition) is 3. The maximum absolute atomic E-state index is 12.9. The highest BCUT2D eigenvalue weighted by Crippen LogP contribution is 2.54. The molecule has 4 fully saturated rings. The van der Waals surface area contributed by atoms with Gasteiger partial charge in [0.2, 0.25) is 17.7 Å². The highest BCUT2D eigenvalue weighted by atomic mass is 16.2. The Morgan fingerprint density at radius 2 is 1.48 bits per heavy atom. The van der Waals surface area contributed by atoms with Crippen LogP contribution in [0.5, 0.6) is 0 Å². The van der Waals surface area contributed by atoms with Gasteiger partial charge in [0.1, 0.15) is 5.54 Å². The van der Waals surface area contributed by atoms with Crippen molar-refractivity contribution in [2.75, 3.05) is 0 Å². The highest BCUT2D eigenvalue weighted by molar-refractivity contribution is 6.10. The fraction of sp³-hybridized carbons (Fsp3) is 0.812. The lowest BCUT2D eigenvalue weighted by Crippen LogP contribution is -2.61. The lowest BCUT2D eigenvalue weighted by molar-refractivity contribution is -0.155. The molecule has 3 unspecified atom stereocenters. The van der Waals surface area contributed by atoms with Crippen molar-refractivity contribution in [3.8, 4) is 0 Å². The van der Waals surface area contributed by atoms with Crippen LogP contribution in [0.3, 0.4) is 0 Å². The number of nitrogens with zero attached hydrogens (tertiary/aromatic N) is 1. The molecule has 0 spiro atoms. The number of rotatable bonds is 3. The number of carbonyl (C=O) groups excluding carboxylic acids is 3. The van der Waals surface area contributed by atoms with Gasteiger partial charge >= 0.3 is 0 Å². The monoisotopic (exact) mass is 292 g/mol. The van der Waals surface area contributed by atoms with Gasteiger partial charge in [0, 0.05) is 0 Å². The first-order valence-corrected chi connectivity index (χ1v) is 7.98. The van der Waals surface area contributed by atoms with Crippen molar-refractivity contribution in [2.45, 2.75) is 52.0 Å². The molecule has 5 heteroatoms. The van der Waals surface area contributed by atoms with E-state index >= 15 is 0 Å². The van der Waals surface area contributed by atoms with Crippen LogP contribution in [0.25, 0.3) is 0 Å². The number of hydrogen-bond donors (Lipinski definition) is 1. The van der Waals surface area contributed by atoms with Gasteiger partial charge in [-0.1, -0.05) is 13.8 Å². The first-order chi connectivity index (χ1) is 9.80. The van der Waals surface area contributed by atoms with Gasteiger partial charge in [0.05, 0.1) is 11.8 Å². The zero-order valence-corrected chi connectivity index (χ0v) is 13.0. The van der Waals surface area contributed by atoms with E-state index in [2.05, 4.69) is 0 Å². The molecule has 3 saturated carbocycles. The Kier molecular flexibility index (Phi) is 3.15. The van der Waals surface area contributed by atoms with Crippen molar-refractivity contribution in [1.82, 2.24) is 4.90 Å². The summed E-state index contributed by atoms with van der Waals surface area (Å²) in [4.78, 5) is 39.0. The Labute approximate surface area is 125 Å². The predicted molar refractivity (Wildman–Crippen MR) is 76.7 cm³/mol. The van der Waals surface area contributed by atoms with E-state index in [0.29, 0.717) is 11.8 Å². The van der Waals surface area contributed by atoms with E-state index in [0.717, 1.165) is 25.7 Å². The molecule has 0 aromatic rings. The average Bonchev–Trinajstić information content (AvgIpc) is 2.73. The summed E-state index contributed by atoms with van der Waals surface area (Å²) >= 11 is 0. The van der Waals surface area contributed by atoms with Gasteiger partial charge in [-0.3, -0.25) is 19.3 Å². The van der Waals surface area contributed by atoms with Crippen molar-refractivity contribution in [3.63, 3.8) is 0 Å². The molecule has 4 rings (SSSR count). The molecule has 2 bridgehead atoms. The Bertz CT molecular complexity index is 478. The van der Waals surface area contributed by atoms with Crippen LogP contribution in [-0.2, 0) is 14.4 Å². The van der Waals surface area contributed by atoms with E-state index in [4.69, 9.17) is 5.73 Å². The molecule has 4 aliphatic rings. The van der Waals surface area contributed by atoms with Crippen molar-refractivity contribution in [1.29, 1.82) is 0 Å². The SMILES string of the molecule is CC(C)C(C)(C(N)=O)N1C(=O)C2C3CCC(CC3)C2C1=O. The van der Waals surface area contributed by atoms with Crippen LogP contribution in [0.1, 0.15) is 46.5 Å². The predicted octanol–water partition coefficient (Wildman–Crippen LogP) is 1.31. The number of fused-ring (bicyclic) bond motifs is 2. The highest BCUT2D eigenvalue weighted by Gasteiger charge is 2.62. The summed E-state index contributed by atoms with van der Waals surface area (Å²) in [5, 5.41) is 0. The third-order valence-electron chi connectivity index (χ3n) is 6.32. The van der Waals surface area contributed by atoms with E-state index in [1.807, 2.05) is 13.8 Å². The molecule has 3 atom stereocenters. The minimum atomic E-state index is -1.22. The second kappa shape index (κ2) is 4.55. The topological polar surface area (TPSA) is 80.5 Å². The maximum Gasteiger partial charge on any atom is 0.243 e. The van der Waals surface area contributed by atoms with Crippen LogP contribution in [0, 0.1) is 29.6 Å². The van der Waals surface area contributed by atoms with Gasteiger partial charge in [-0.05, 0) is 50.4 Å². The second-order valence-electron chi connectivity index (χ2n) is 7.40. The summed E-state index contributed by atoms with van der Waals surface area (Å²) in [6.07, 6.45) is 4.14. The summed E-state index contributed by atoms with van der Waals surface area (Å²) in [6.45, 7) is 5.30. The molecule has 0 radical (unpaired) electrons. The zero-order valence-electron chi connectivity index (χ0n) is 13.0. The summed E-state index contributed by atoms with van der Waals surface area (Å²) in [6, 6.07) is 0. The number of primary amides is 1. The zero-order chi connectivity index (χ0) is 15.5. The average molecular weight is 292 g/mol. The fourth-order valence-corrected chi connectivity index (χ4v) is 4.68. The number of amides is 3. The van der Waals surface area contributed by atoms with Gasteiger partial charge < -0.3 is 5.73 Å². The van der Waals surface area contributed by atoms with Gasteiger partial charge in [0.25, 0.3) is 0 Å².